The number of ether oxygens (including phenoxy) is 1. The lowest BCUT2D eigenvalue weighted by Gasteiger charge is -2.33. The van der Waals surface area contributed by atoms with E-state index in [0.717, 1.165) is 45.7 Å². The molecule has 0 aromatic carbocycles. The molecule has 4 heteroatoms. The van der Waals surface area contributed by atoms with Gasteiger partial charge in [0, 0.05) is 25.2 Å². The summed E-state index contributed by atoms with van der Waals surface area (Å²) in [4.78, 5) is 2.48. The predicted octanol–water partition coefficient (Wildman–Crippen LogP) is -0.212. The molecule has 1 heterocycles. The molecule has 1 aliphatic heterocycles. The predicted molar refractivity (Wildman–Crippen MR) is 60.9 cm³/mol. The SMILES string of the molecule is NC1CC(NCCCN2CCOCC2)C1. The smallest absolute Gasteiger partial charge is 0.0594 e. The standard InChI is InChI=1S/C11H23N3O/c12-10-8-11(9-10)13-2-1-3-14-4-6-15-7-5-14/h10-11,13H,1-9,12H2. The Labute approximate surface area is 92.1 Å². The Morgan fingerprint density at radius 1 is 1.27 bits per heavy atom. The molecule has 0 radical (unpaired) electrons. The number of morpholine rings is 1. The van der Waals surface area contributed by atoms with E-state index in [9.17, 15) is 0 Å². The van der Waals surface area contributed by atoms with Gasteiger partial charge in [-0.05, 0) is 32.4 Å². The molecule has 2 aliphatic rings. The highest BCUT2D eigenvalue weighted by Crippen LogP contribution is 2.16. The molecule has 1 saturated carbocycles. The van der Waals surface area contributed by atoms with Crippen LogP contribution in [0.4, 0.5) is 0 Å². The first-order chi connectivity index (χ1) is 7.34. The van der Waals surface area contributed by atoms with Gasteiger partial charge in [-0.1, -0.05) is 0 Å². The van der Waals surface area contributed by atoms with Crippen LogP contribution in [0.2, 0.25) is 0 Å². The Hall–Kier alpha value is -0.160. The fraction of sp³-hybridized carbons (Fsp3) is 1.00. The van der Waals surface area contributed by atoms with Gasteiger partial charge in [0.15, 0.2) is 0 Å². The Kier molecular flexibility index (Phi) is 4.38. The lowest BCUT2D eigenvalue weighted by atomic mass is 9.88. The minimum atomic E-state index is 0.460. The first kappa shape index (κ1) is 11.3. The second kappa shape index (κ2) is 5.80. The Bertz CT molecular complexity index is 177. The van der Waals surface area contributed by atoms with Gasteiger partial charge in [0.2, 0.25) is 0 Å². The lowest BCUT2D eigenvalue weighted by Crippen LogP contribution is -2.49. The summed E-state index contributed by atoms with van der Waals surface area (Å²) in [7, 11) is 0. The second-order valence-corrected chi connectivity index (χ2v) is 4.69. The van der Waals surface area contributed by atoms with Gasteiger partial charge < -0.3 is 15.8 Å². The second-order valence-electron chi connectivity index (χ2n) is 4.69. The topological polar surface area (TPSA) is 50.5 Å². The summed E-state index contributed by atoms with van der Waals surface area (Å²) >= 11 is 0. The van der Waals surface area contributed by atoms with Gasteiger partial charge in [-0.25, -0.2) is 0 Å². The van der Waals surface area contributed by atoms with Crippen molar-refractivity contribution in [2.45, 2.75) is 31.3 Å². The molecule has 0 unspecified atom stereocenters. The van der Waals surface area contributed by atoms with Crippen molar-refractivity contribution >= 4 is 0 Å². The summed E-state index contributed by atoms with van der Waals surface area (Å²) in [5.74, 6) is 0. The van der Waals surface area contributed by atoms with E-state index >= 15 is 0 Å². The van der Waals surface area contributed by atoms with E-state index < -0.39 is 0 Å². The van der Waals surface area contributed by atoms with Crippen LogP contribution in [0.3, 0.4) is 0 Å². The van der Waals surface area contributed by atoms with Crippen LogP contribution in [0.25, 0.3) is 0 Å². The van der Waals surface area contributed by atoms with Crippen molar-refractivity contribution in [2.24, 2.45) is 5.73 Å². The number of hydrogen-bond donors (Lipinski definition) is 2. The van der Waals surface area contributed by atoms with Crippen molar-refractivity contribution in [3.8, 4) is 0 Å². The van der Waals surface area contributed by atoms with Crippen LogP contribution in [0.5, 0.6) is 0 Å². The lowest BCUT2D eigenvalue weighted by molar-refractivity contribution is 0.0372. The van der Waals surface area contributed by atoms with Crippen molar-refractivity contribution in [3.63, 3.8) is 0 Å². The zero-order chi connectivity index (χ0) is 10.5. The van der Waals surface area contributed by atoms with Gasteiger partial charge in [-0.2, -0.15) is 0 Å². The minimum absolute atomic E-state index is 0.460. The maximum absolute atomic E-state index is 5.73. The van der Waals surface area contributed by atoms with E-state index in [0.29, 0.717) is 12.1 Å². The van der Waals surface area contributed by atoms with Gasteiger partial charge in [-0.15, -0.1) is 0 Å². The molecule has 2 fully saturated rings. The zero-order valence-corrected chi connectivity index (χ0v) is 9.45. The van der Waals surface area contributed by atoms with Gasteiger partial charge >= 0.3 is 0 Å². The third-order valence-electron chi connectivity index (χ3n) is 3.36. The Balaban J connectivity index is 1.44. The molecule has 88 valence electrons. The fourth-order valence-corrected chi connectivity index (χ4v) is 2.26. The molecule has 3 N–H and O–H groups in total. The third-order valence-corrected chi connectivity index (χ3v) is 3.36. The average Bonchev–Trinajstić information content (AvgIpc) is 2.23. The maximum Gasteiger partial charge on any atom is 0.0594 e. The molecule has 4 nitrogen and oxygen atoms in total. The zero-order valence-electron chi connectivity index (χ0n) is 9.45. The largest absolute Gasteiger partial charge is 0.379 e. The van der Waals surface area contributed by atoms with Crippen LogP contribution < -0.4 is 11.1 Å². The Morgan fingerprint density at radius 3 is 2.67 bits per heavy atom. The molecule has 0 bridgehead atoms. The highest BCUT2D eigenvalue weighted by molar-refractivity contribution is 4.87. The van der Waals surface area contributed by atoms with Crippen molar-refractivity contribution in [1.82, 2.24) is 10.2 Å². The van der Waals surface area contributed by atoms with E-state index in [1.54, 1.807) is 0 Å². The quantitative estimate of drug-likeness (QED) is 0.620. The first-order valence-corrected chi connectivity index (χ1v) is 6.13. The average molecular weight is 213 g/mol. The number of nitrogens with one attached hydrogen (secondary N) is 1. The molecular formula is C11H23N3O. The maximum atomic E-state index is 5.73. The number of nitrogens with two attached hydrogens (primary N) is 1. The van der Waals surface area contributed by atoms with Gasteiger partial charge in [0.05, 0.1) is 13.2 Å². The van der Waals surface area contributed by atoms with E-state index in [2.05, 4.69) is 10.2 Å². The van der Waals surface area contributed by atoms with Crippen LogP contribution in [-0.4, -0.2) is 56.4 Å². The molecular weight excluding hydrogens is 190 g/mol. The molecule has 1 saturated heterocycles. The number of rotatable bonds is 5. The van der Waals surface area contributed by atoms with Crippen LogP contribution in [0, 0.1) is 0 Å². The molecule has 0 aromatic rings. The number of nitrogens with zero attached hydrogens (tertiary/aromatic N) is 1. The van der Waals surface area contributed by atoms with Crippen LogP contribution >= 0.6 is 0 Å². The van der Waals surface area contributed by atoms with E-state index in [1.165, 1.54) is 13.0 Å². The summed E-state index contributed by atoms with van der Waals surface area (Å²) in [6, 6.07) is 1.16. The normalized spacial score (nSPS) is 32.6. The molecule has 2 rings (SSSR count). The van der Waals surface area contributed by atoms with Crippen molar-refractivity contribution < 1.29 is 4.74 Å². The van der Waals surface area contributed by atoms with Crippen LogP contribution in [0.15, 0.2) is 0 Å². The van der Waals surface area contributed by atoms with Crippen molar-refractivity contribution in [1.29, 1.82) is 0 Å². The first-order valence-electron chi connectivity index (χ1n) is 6.13. The molecule has 1 aliphatic carbocycles. The molecule has 0 amide bonds. The third kappa shape index (κ3) is 3.72. The summed E-state index contributed by atoms with van der Waals surface area (Å²) in [5, 5.41) is 3.55. The highest BCUT2D eigenvalue weighted by atomic mass is 16.5. The van der Waals surface area contributed by atoms with Crippen LogP contribution in [-0.2, 0) is 4.74 Å². The molecule has 15 heavy (non-hydrogen) atoms. The Morgan fingerprint density at radius 2 is 2.00 bits per heavy atom. The van der Waals surface area contributed by atoms with E-state index in [4.69, 9.17) is 10.5 Å². The minimum Gasteiger partial charge on any atom is -0.379 e. The van der Waals surface area contributed by atoms with Gasteiger partial charge in [0.1, 0.15) is 0 Å². The van der Waals surface area contributed by atoms with E-state index in [1.807, 2.05) is 0 Å². The summed E-state index contributed by atoms with van der Waals surface area (Å²) in [6.07, 6.45) is 3.57. The summed E-state index contributed by atoms with van der Waals surface area (Å²) < 4.78 is 5.31. The monoisotopic (exact) mass is 213 g/mol. The van der Waals surface area contributed by atoms with Gasteiger partial charge in [0.25, 0.3) is 0 Å². The van der Waals surface area contributed by atoms with E-state index in [-0.39, 0.29) is 0 Å². The van der Waals surface area contributed by atoms with Crippen LogP contribution in [0.1, 0.15) is 19.3 Å². The summed E-state index contributed by atoms with van der Waals surface area (Å²) in [6.45, 7) is 6.36. The number of hydrogen-bond acceptors (Lipinski definition) is 4. The molecule has 0 atom stereocenters. The molecule has 0 spiro atoms. The van der Waals surface area contributed by atoms with Crippen molar-refractivity contribution in [2.75, 3.05) is 39.4 Å². The fourth-order valence-electron chi connectivity index (χ4n) is 2.26. The van der Waals surface area contributed by atoms with Crippen molar-refractivity contribution in [3.05, 3.63) is 0 Å². The van der Waals surface area contributed by atoms with Gasteiger partial charge in [-0.3, -0.25) is 4.90 Å². The molecule has 0 aromatic heterocycles. The summed E-state index contributed by atoms with van der Waals surface area (Å²) in [5.41, 5.74) is 5.73. The highest BCUT2D eigenvalue weighted by Gasteiger charge is 2.24.